The van der Waals surface area contributed by atoms with Crippen molar-refractivity contribution in [3.8, 4) is 11.4 Å². The molecule has 1 aromatic heterocycles. The Bertz CT molecular complexity index is 993. The van der Waals surface area contributed by atoms with E-state index in [4.69, 9.17) is 58.6 Å². The molecule has 2 aromatic carbocycles. The summed E-state index contributed by atoms with van der Waals surface area (Å²) in [6, 6.07) is 10.3. The molecule has 0 unspecified atom stereocenters. The number of aromatic amines is 1. The molecule has 0 spiro atoms. The summed E-state index contributed by atoms with van der Waals surface area (Å²) in [5.74, 6) is 0.470. The summed E-state index contributed by atoms with van der Waals surface area (Å²) in [5.41, 5.74) is 1.42. The van der Waals surface area contributed by atoms with Crippen molar-refractivity contribution in [2.24, 2.45) is 5.10 Å². The Morgan fingerprint density at radius 1 is 1.00 bits per heavy atom. The SMILES string of the molecule is S=c1[nH]nc(-c2ccc(Cl)cc2Cl)n1/N=C\c1ccc(Cl)c(Cl)c1. The first-order chi connectivity index (χ1) is 11.5. The number of hydrogen-bond acceptors (Lipinski definition) is 3. The summed E-state index contributed by atoms with van der Waals surface area (Å²) in [5, 5.41) is 13.1. The second kappa shape index (κ2) is 7.25. The van der Waals surface area contributed by atoms with Crippen LogP contribution >= 0.6 is 58.6 Å². The molecule has 3 aromatic rings. The van der Waals surface area contributed by atoms with Crippen LogP contribution in [0.2, 0.25) is 20.1 Å². The van der Waals surface area contributed by atoms with Gasteiger partial charge in [0.2, 0.25) is 4.77 Å². The van der Waals surface area contributed by atoms with Crippen molar-refractivity contribution in [3.05, 3.63) is 66.8 Å². The van der Waals surface area contributed by atoms with Crippen LogP contribution in [0.15, 0.2) is 41.5 Å². The largest absolute Gasteiger partial charge is 0.250 e. The van der Waals surface area contributed by atoms with E-state index >= 15 is 0 Å². The third-order valence-electron chi connectivity index (χ3n) is 3.09. The fraction of sp³-hybridized carbons (Fsp3) is 0. The molecule has 1 N–H and O–H groups in total. The van der Waals surface area contributed by atoms with Gasteiger partial charge in [-0.2, -0.15) is 14.9 Å². The third-order valence-corrected chi connectivity index (χ3v) is 4.64. The lowest BCUT2D eigenvalue weighted by molar-refractivity contribution is 0.871. The summed E-state index contributed by atoms with van der Waals surface area (Å²) in [4.78, 5) is 0. The standard InChI is InChI=1S/C15H8Cl4N4S/c16-9-2-3-10(12(18)6-9)14-21-22-15(24)23(14)20-7-8-1-4-11(17)13(19)5-8/h1-7H,(H,22,24)/b20-7-. The molecule has 0 aliphatic heterocycles. The highest BCUT2D eigenvalue weighted by Gasteiger charge is 2.12. The molecule has 4 nitrogen and oxygen atoms in total. The lowest BCUT2D eigenvalue weighted by atomic mass is 10.2. The maximum atomic E-state index is 6.23. The Kier molecular flexibility index (Phi) is 5.27. The quantitative estimate of drug-likeness (QED) is 0.413. The zero-order valence-corrected chi connectivity index (χ0v) is 15.6. The van der Waals surface area contributed by atoms with E-state index in [1.165, 1.54) is 4.68 Å². The van der Waals surface area contributed by atoms with E-state index in [1.54, 1.807) is 42.6 Å². The van der Waals surface area contributed by atoms with Crippen molar-refractivity contribution in [1.82, 2.24) is 14.9 Å². The van der Waals surface area contributed by atoms with Crippen LogP contribution < -0.4 is 0 Å². The number of halogens is 4. The normalized spacial score (nSPS) is 11.3. The number of aromatic nitrogens is 3. The molecule has 122 valence electrons. The summed E-state index contributed by atoms with van der Waals surface area (Å²) < 4.78 is 1.79. The average Bonchev–Trinajstić information content (AvgIpc) is 2.89. The van der Waals surface area contributed by atoms with Crippen molar-refractivity contribution in [1.29, 1.82) is 0 Å². The monoisotopic (exact) mass is 416 g/mol. The van der Waals surface area contributed by atoms with Crippen LogP contribution in [0.3, 0.4) is 0 Å². The van der Waals surface area contributed by atoms with Gasteiger partial charge in [-0.05, 0) is 48.1 Å². The van der Waals surface area contributed by atoms with Gasteiger partial charge in [-0.25, -0.2) is 5.10 Å². The van der Waals surface area contributed by atoms with Gasteiger partial charge in [-0.15, -0.1) is 0 Å². The van der Waals surface area contributed by atoms with Gasteiger partial charge in [0.25, 0.3) is 0 Å². The smallest absolute Gasteiger partial charge is 0.216 e. The van der Waals surface area contributed by atoms with E-state index in [-0.39, 0.29) is 0 Å². The molecule has 0 radical (unpaired) electrons. The number of rotatable bonds is 3. The molecular weight excluding hydrogens is 410 g/mol. The first kappa shape index (κ1) is 17.5. The minimum Gasteiger partial charge on any atom is -0.250 e. The number of nitrogens with one attached hydrogen (secondary N) is 1. The molecule has 3 rings (SSSR count). The van der Waals surface area contributed by atoms with E-state index in [2.05, 4.69) is 15.3 Å². The predicted octanol–water partition coefficient (Wildman–Crippen LogP) is 6.10. The second-order valence-electron chi connectivity index (χ2n) is 4.71. The number of H-pyrrole nitrogens is 1. The van der Waals surface area contributed by atoms with E-state index in [0.29, 0.717) is 36.2 Å². The van der Waals surface area contributed by atoms with Crippen LogP contribution in [0, 0.1) is 4.77 Å². The molecule has 0 aliphatic carbocycles. The van der Waals surface area contributed by atoms with Gasteiger partial charge in [-0.3, -0.25) is 0 Å². The fourth-order valence-corrected chi connectivity index (χ4v) is 2.94. The molecule has 0 bridgehead atoms. The zero-order valence-electron chi connectivity index (χ0n) is 11.8. The maximum absolute atomic E-state index is 6.23. The van der Waals surface area contributed by atoms with Crippen molar-refractivity contribution in [2.75, 3.05) is 0 Å². The minimum absolute atomic E-state index is 0.326. The van der Waals surface area contributed by atoms with Gasteiger partial charge in [-0.1, -0.05) is 52.5 Å². The third kappa shape index (κ3) is 3.66. The van der Waals surface area contributed by atoms with E-state index in [9.17, 15) is 0 Å². The molecule has 9 heteroatoms. The second-order valence-corrected chi connectivity index (χ2v) is 6.75. The molecular formula is C15H8Cl4N4S. The molecule has 0 aliphatic rings. The molecule has 24 heavy (non-hydrogen) atoms. The van der Waals surface area contributed by atoms with Gasteiger partial charge < -0.3 is 0 Å². The van der Waals surface area contributed by atoms with Crippen LogP contribution in [-0.4, -0.2) is 21.1 Å². The fourth-order valence-electron chi connectivity index (χ4n) is 1.96. The molecule has 0 atom stereocenters. The first-order valence-corrected chi connectivity index (χ1v) is 8.50. The van der Waals surface area contributed by atoms with Crippen molar-refractivity contribution in [2.45, 2.75) is 0 Å². The number of nitrogens with zero attached hydrogens (tertiary/aromatic N) is 3. The Balaban J connectivity index is 2.03. The lowest BCUT2D eigenvalue weighted by Gasteiger charge is -2.04. The number of hydrogen-bond donors (Lipinski definition) is 1. The summed E-state index contributed by atoms with van der Waals surface area (Å²) in [6.45, 7) is 0. The topological polar surface area (TPSA) is 46.0 Å². The van der Waals surface area contributed by atoms with Gasteiger partial charge in [0.15, 0.2) is 5.82 Å². The van der Waals surface area contributed by atoms with E-state index in [0.717, 1.165) is 5.56 Å². The van der Waals surface area contributed by atoms with E-state index < -0.39 is 0 Å². The predicted molar refractivity (Wildman–Crippen MR) is 102 cm³/mol. The number of benzene rings is 2. The summed E-state index contributed by atoms with van der Waals surface area (Å²) in [7, 11) is 0. The van der Waals surface area contributed by atoms with Crippen LogP contribution in [0.5, 0.6) is 0 Å². The first-order valence-electron chi connectivity index (χ1n) is 6.58. The lowest BCUT2D eigenvalue weighted by Crippen LogP contribution is -1.95. The van der Waals surface area contributed by atoms with Crippen LogP contribution in [0.1, 0.15) is 5.56 Å². The minimum atomic E-state index is 0.326. The Morgan fingerprint density at radius 3 is 2.50 bits per heavy atom. The van der Waals surface area contributed by atoms with Crippen molar-refractivity contribution in [3.63, 3.8) is 0 Å². The Labute approximate surface area is 162 Å². The molecule has 0 amide bonds. The van der Waals surface area contributed by atoms with Gasteiger partial charge in [0, 0.05) is 10.6 Å². The molecule has 0 saturated carbocycles. The van der Waals surface area contributed by atoms with Gasteiger partial charge in [0.05, 0.1) is 21.3 Å². The highest BCUT2D eigenvalue weighted by Crippen LogP contribution is 2.29. The van der Waals surface area contributed by atoms with E-state index in [1.807, 2.05) is 0 Å². The van der Waals surface area contributed by atoms with Crippen LogP contribution in [0.25, 0.3) is 11.4 Å². The highest BCUT2D eigenvalue weighted by atomic mass is 35.5. The summed E-state index contributed by atoms with van der Waals surface area (Å²) >= 11 is 29.3. The molecule has 0 saturated heterocycles. The summed E-state index contributed by atoms with van der Waals surface area (Å²) in [6.07, 6.45) is 1.60. The average molecular weight is 418 g/mol. The van der Waals surface area contributed by atoms with Crippen LogP contribution in [-0.2, 0) is 0 Å². The van der Waals surface area contributed by atoms with Gasteiger partial charge in [0.1, 0.15) is 0 Å². The molecule has 0 fully saturated rings. The Morgan fingerprint density at radius 2 is 1.79 bits per heavy atom. The van der Waals surface area contributed by atoms with Crippen molar-refractivity contribution < 1.29 is 0 Å². The van der Waals surface area contributed by atoms with Crippen LogP contribution in [0.4, 0.5) is 0 Å². The van der Waals surface area contributed by atoms with Crippen molar-refractivity contribution >= 4 is 64.8 Å². The maximum Gasteiger partial charge on any atom is 0.216 e. The van der Waals surface area contributed by atoms with Gasteiger partial charge >= 0.3 is 0 Å². The Hall–Kier alpha value is -1.37. The molecule has 1 heterocycles. The highest BCUT2D eigenvalue weighted by molar-refractivity contribution is 7.71. The zero-order chi connectivity index (χ0) is 17.3.